The highest BCUT2D eigenvalue weighted by molar-refractivity contribution is 6.42. The Bertz CT molecular complexity index is 382. The summed E-state index contributed by atoms with van der Waals surface area (Å²) in [6.45, 7) is 2.34. The minimum atomic E-state index is -0.268. The van der Waals surface area contributed by atoms with Crippen LogP contribution >= 0.6 is 23.2 Å². The Hall–Kier alpha value is -0.930. The Morgan fingerprint density at radius 2 is 2.06 bits per heavy atom. The Morgan fingerprint density at radius 3 is 2.62 bits per heavy atom. The van der Waals surface area contributed by atoms with Gasteiger partial charge in [-0.3, -0.25) is 4.79 Å². The average molecular weight is 262 g/mol. The van der Waals surface area contributed by atoms with E-state index in [1.54, 1.807) is 37.1 Å². The average Bonchev–Trinajstić information content (AvgIpc) is 2.22. The molecule has 0 aliphatic carbocycles. The molecule has 0 unspecified atom stereocenters. The highest BCUT2D eigenvalue weighted by Gasteiger charge is 2.09. The number of carbonyl (C=O) groups excluding carboxylic acids is 1. The van der Waals surface area contributed by atoms with Crippen LogP contribution in [0.2, 0.25) is 10.0 Å². The molecule has 0 amide bonds. The minimum Gasteiger partial charge on any atom is -0.465 e. The van der Waals surface area contributed by atoms with Crippen molar-refractivity contribution in [2.24, 2.45) is 0 Å². The lowest BCUT2D eigenvalue weighted by Gasteiger charge is -2.18. The van der Waals surface area contributed by atoms with Crippen LogP contribution in [0.3, 0.4) is 0 Å². The van der Waals surface area contributed by atoms with Crippen molar-refractivity contribution in [1.29, 1.82) is 0 Å². The number of nitrogens with zero attached hydrogens (tertiary/aromatic N) is 1. The fourth-order valence-electron chi connectivity index (χ4n) is 1.21. The summed E-state index contributed by atoms with van der Waals surface area (Å²) in [5.74, 6) is -0.268. The number of hydrogen-bond acceptors (Lipinski definition) is 3. The SMILES string of the molecule is CCOC(=O)CN(C)c1ccc(Cl)c(Cl)c1. The van der Waals surface area contributed by atoms with E-state index in [1.807, 2.05) is 0 Å². The summed E-state index contributed by atoms with van der Waals surface area (Å²) in [6, 6.07) is 5.21. The number of hydrogen-bond donors (Lipinski definition) is 0. The number of anilines is 1. The monoisotopic (exact) mass is 261 g/mol. The first-order chi connectivity index (χ1) is 7.54. The quantitative estimate of drug-likeness (QED) is 0.781. The second-order valence-corrected chi connectivity index (χ2v) is 4.07. The topological polar surface area (TPSA) is 29.5 Å². The van der Waals surface area contributed by atoms with Crippen LogP contribution in [0.5, 0.6) is 0 Å². The number of halogens is 2. The molecule has 0 saturated carbocycles. The van der Waals surface area contributed by atoms with Crippen LogP contribution < -0.4 is 4.90 Å². The van der Waals surface area contributed by atoms with Crippen LogP contribution in [0.1, 0.15) is 6.92 Å². The molecule has 3 nitrogen and oxygen atoms in total. The van der Waals surface area contributed by atoms with E-state index in [9.17, 15) is 4.79 Å². The molecule has 0 aromatic heterocycles. The van der Waals surface area contributed by atoms with Gasteiger partial charge in [-0.05, 0) is 25.1 Å². The Kier molecular flexibility index (Phi) is 4.90. The van der Waals surface area contributed by atoms with Gasteiger partial charge in [0.2, 0.25) is 0 Å². The van der Waals surface area contributed by atoms with Crippen LogP contribution in [0, 0.1) is 0 Å². The van der Waals surface area contributed by atoms with Gasteiger partial charge >= 0.3 is 5.97 Å². The van der Waals surface area contributed by atoms with E-state index >= 15 is 0 Å². The standard InChI is InChI=1S/C11H13Cl2NO2/c1-3-16-11(15)7-14(2)8-4-5-9(12)10(13)6-8/h4-6H,3,7H2,1-2H3. The van der Waals surface area contributed by atoms with E-state index in [0.29, 0.717) is 16.7 Å². The number of rotatable bonds is 4. The van der Waals surface area contributed by atoms with Gasteiger partial charge in [0, 0.05) is 12.7 Å². The van der Waals surface area contributed by atoms with Gasteiger partial charge in [-0.2, -0.15) is 0 Å². The highest BCUT2D eigenvalue weighted by atomic mass is 35.5. The van der Waals surface area contributed by atoms with Crippen LogP contribution in [0.25, 0.3) is 0 Å². The van der Waals surface area contributed by atoms with E-state index < -0.39 is 0 Å². The summed E-state index contributed by atoms with van der Waals surface area (Å²) >= 11 is 11.7. The van der Waals surface area contributed by atoms with Crippen LogP contribution in [-0.2, 0) is 9.53 Å². The highest BCUT2D eigenvalue weighted by Crippen LogP contribution is 2.26. The summed E-state index contributed by atoms with van der Waals surface area (Å²) in [5.41, 5.74) is 0.822. The van der Waals surface area contributed by atoms with Crippen molar-refractivity contribution < 1.29 is 9.53 Å². The first-order valence-corrected chi connectivity index (χ1v) is 5.62. The minimum absolute atomic E-state index is 0.186. The Labute approximate surface area is 105 Å². The second kappa shape index (κ2) is 5.97. The number of likely N-dealkylation sites (N-methyl/N-ethyl adjacent to an activating group) is 1. The summed E-state index contributed by atoms with van der Waals surface area (Å²) < 4.78 is 4.85. The summed E-state index contributed by atoms with van der Waals surface area (Å²) in [7, 11) is 1.79. The van der Waals surface area contributed by atoms with E-state index in [2.05, 4.69) is 0 Å². The molecule has 0 radical (unpaired) electrons. The smallest absolute Gasteiger partial charge is 0.325 e. The van der Waals surface area contributed by atoms with Gasteiger partial charge in [0.25, 0.3) is 0 Å². The molecule has 0 saturated heterocycles. The lowest BCUT2D eigenvalue weighted by atomic mass is 10.3. The fraction of sp³-hybridized carbons (Fsp3) is 0.364. The molecule has 16 heavy (non-hydrogen) atoms. The summed E-state index contributed by atoms with van der Waals surface area (Å²) in [5, 5.41) is 0.963. The zero-order valence-corrected chi connectivity index (χ0v) is 10.7. The molecule has 0 atom stereocenters. The van der Waals surface area contributed by atoms with Gasteiger partial charge in [0.15, 0.2) is 0 Å². The summed E-state index contributed by atoms with van der Waals surface area (Å²) in [6.07, 6.45) is 0. The Morgan fingerprint density at radius 1 is 1.38 bits per heavy atom. The van der Waals surface area contributed by atoms with Crippen LogP contribution in [0.15, 0.2) is 18.2 Å². The first-order valence-electron chi connectivity index (χ1n) is 4.86. The number of benzene rings is 1. The molecule has 0 heterocycles. The third kappa shape index (κ3) is 3.58. The molecule has 1 aromatic carbocycles. The molecular weight excluding hydrogens is 249 g/mol. The maximum atomic E-state index is 11.3. The number of ether oxygens (including phenoxy) is 1. The van der Waals surface area contributed by atoms with Gasteiger partial charge in [-0.25, -0.2) is 0 Å². The first kappa shape index (κ1) is 13.1. The van der Waals surface area contributed by atoms with Crippen molar-refractivity contribution in [3.8, 4) is 0 Å². The molecule has 0 N–H and O–H groups in total. The molecule has 0 aliphatic heterocycles. The van der Waals surface area contributed by atoms with Crippen molar-refractivity contribution in [2.75, 3.05) is 25.1 Å². The van der Waals surface area contributed by atoms with E-state index in [0.717, 1.165) is 5.69 Å². The molecule has 5 heteroatoms. The number of carbonyl (C=O) groups is 1. The molecule has 88 valence electrons. The maximum absolute atomic E-state index is 11.3. The van der Waals surface area contributed by atoms with Crippen molar-refractivity contribution in [2.45, 2.75) is 6.92 Å². The van der Waals surface area contributed by atoms with Gasteiger partial charge in [-0.15, -0.1) is 0 Å². The van der Waals surface area contributed by atoms with Gasteiger partial charge < -0.3 is 9.64 Å². The fourth-order valence-corrected chi connectivity index (χ4v) is 1.51. The normalized spacial score (nSPS) is 10.0. The van der Waals surface area contributed by atoms with Crippen LogP contribution in [-0.4, -0.2) is 26.2 Å². The van der Waals surface area contributed by atoms with Crippen molar-refractivity contribution in [3.05, 3.63) is 28.2 Å². The molecule has 0 spiro atoms. The third-order valence-electron chi connectivity index (χ3n) is 2.02. The lowest BCUT2D eigenvalue weighted by Crippen LogP contribution is -2.27. The third-order valence-corrected chi connectivity index (χ3v) is 2.75. The lowest BCUT2D eigenvalue weighted by molar-refractivity contribution is -0.141. The van der Waals surface area contributed by atoms with Gasteiger partial charge in [0.05, 0.1) is 16.7 Å². The van der Waals surface area contributed by atoms with Crippen molar-refractivity contribution in [1.82, 2.24) is 0 Å². The zero-order chi connectivity index (χ0) is 12.1. The second-order valence-electron chi connectivity index (χ2n) is 3.26. The zero-order valence-electron chi connectivity index (χ0n) is 9.17. The van der Waals surface area contributed by atoms with E-state index in [-0.39, 0.29) is 12.5 Å². The molecule has 1 aromatic rings. The number of esters is 1. The predicted molar refractivity (Wildman–Crippen MR) is 66.4 cm³/mol. The molecule has 0 aliphatic rings. The molecule has 1 rings (SSSR count). The Balaban J connectivity index is 2.69. The van der Waals surface area contributed by atoms with E-state index in [4.69, 9.17) is 27.9 Å². The predicted octanol–water partition coefficient (Wildman–Crippen LogP) is 2.99. The van der Waals surface area contributed by atoms with Gasteiger partial charge in [-0.1, -0.05) is 23.2 Å². The van der Waals surface area contributed by atoms with Crippen molar-refractivity contribution >= 4 is 34.9 Å². The van der Waals surface area contributed by atoms with Gasteiger partial charge in [0.1, 0.15) is 6.54 Å². The summed E-state index contributed by atoms with van der Waals surface area (Å²) in [4.78, 5) is 13.0. The van der Waals surface area contributed by atoms with Crippen molar-refractivity contribution in [3.63, 3.8) is 0 Å². The molecular formula is C11H13Cl2NO2. The van der Waals surface area contributed by atoms with Crippen LogP contribution in [0.4, 0.5) is 5.69 Å². The largest absolute Gasteiger partial charge is 0.465 e. The molecule has 0 bridgehead atoms. The molecule has 0 fully saturated rings. The van der Waals surface area contributed by atoms with E-state index in [1.165, 1.54) is 0 Å². The maximum Gasteiger partial charge on any atom is 0.325 e.